The van der Waals surface area contributed by atoms with Crippen molar-refractivity contribution in [2.75, 3.05) is 27.2 Å². The number of rotatable bonds is 6. The SMILES string of the molecule is CNC(=O)N1CC[C@H]2CCC(C(=O)N[C@H]3CCCC[C@@H]3c3ccccc3)N2C(=O)[C@@H](NC(=O)[C@H](C)NC)C1. The van der Waals surface area contributed by atoms with E-state index in [9.17, 15) is 19.2 Å². The molecule has 4 N–H and O–H groups in total. The van der Waals surface area contributed by atoms with Gasteiger partial charge < -0.3 is 31.1 Å². The quantitative estimate of drug-likeness (QED) is 0.445. The second kappa shape index (κ2) is 12.6. The molecule has 38 heavy (non-hydrogen) atoms. The van der Waals surface area contributed by atoms with Crippen molar-refractivity contribution in [3.05, 3.63) is 35.9 Å². The van der Waals surface area contributed by atoms with E-state index in [-0.39, 0.29) is 48.3 Å². The smallest absolute Gasteiger partial charge is 0.317 e. The van der Waals surface area contributed by atoms with Crippen LogP contribution in [0.4, 0.5) is 4.79 Å². The van der Waals surface area contributed by atoms with Crippen LogP contribution in [0.25, 0.3) is 0 Å². The molecule has 0 radical (unpaired) electrons. The van der Waals surface area contributed by atoms with Crippen LogP contribution in [0.3, 0.4) is 0 Å². The van der Waals surface area contributed by atoms with Crippen molar-refractivity contribution < 1.29 is 19.2 Å². The van der Waals surface area contributed by atoms with E-state index in [0.29, 0.717) is 25.8 Å². The highest BCUT2D eigenvalue weighted by Gasteiger charge is 2.46. The van der Waals surface area contributed by atoms with E-state index >= 15 is 0 Å². The molecule has 1 aliphatic carbocycles. The molecule has 10 nitrogen and oxygen atoms in total. The minimum absolute atomic E-state index is 0.0262. The summed E-state index contributed by atoms with van der Waals surface area (Å²) in [6.07, 6.45) is 5.99. The second-order valence-corrected chi connectivity index (χ2v) is 10.8. The summed E-state index contributed by atoms with van der Waals surface area (Å²) in [6.45, 7) is 2.20. The lowest BCUT2D eigenvalue weighted by atomic mass is 9.80. The van der Waals surface area contributed by atoms with Crippen molar-refractivity contribution >= 4 is 23.8 Å². The van der Waals surface area contributed by atoms with Gasteiger partial charge in [-0.1, -0.05) is 43.2 Å². The molecule has 0 aromatic heterocycles. The maximum absolute atomic E-state index is 13.9. The number of urea groups is 1. The lowest BCUT2D eigenvalue weighted by Gasteiger charge is -2.39. The van der Waals surface area contributed by atoms with Gasteiger partial charge in [0.25, 0.3) is 0 Å². The molecule has 2 saturated heterocycles. The Hall–Kier alpha value is -3.14. The predicted octanol–water partition coefficient (Wildman–Crippen LogP) is 1.33. The summed E-state index contributed by atoms with van der Waals surface area (Å²) >= 11 is 0. The molecule has 1 aromatic carbocycles. The highest BCUT2D eigenvalue weighted by molar-refractivity contribution is 5.94. The first-order valence-electron chi connectivity index (χ1n) is 14.0. The Bertz CT molecular complexity index is 1000. The molecule has 0 spiro atoms. The number of likely N-dealkylation sites (N-methyl/N-ethyl adjacent to an activating group) is 1. The molecule has 0 bridgehead atoms. The number of carbonyl (C=O) groups is 4. The number of hydrogen-bond donors (Lipinski definition) is 4. The first kappa shape index (κ1) is 27.9. The zero-order chi connectivity index (χ0) is 27.2. The summed E-state index contributed by atoms with van der Waals surface area (Å²) in [5.41, 5.74) is 1.24. The van der Waals surface area contributed by atoms with Crippen LogP contribution >= 0.6 is 0 Å². The Balaban J connectivity index is 1.53. The Morgan fingerprint density at radius 2 is 1.68 bits per heavy atom. The van der Waals surface area contributed by atoms with Gasteiger partial charge in [-0.3, -0.25) is 14.4 Å². The van der Waals surface area contributed by atoms with E-state index in [0.717, 1.165) is 25.7 Å². The lowest BCUT2D eigenvalue weighted by molar-refractivity contribution is -0.145. The number of benzene rings is 1. The Morgan fingerprint density at radius 1 is 0.947 bits per heavy atom. The van der Waals surface area contributed by atoms with E-state index in [4.69, 9.17) is 0 Å². The fourth-order valence-corrected chi connectivity index (χ4v) is 6.19. The fraction of sp³-hybridized carbons (Fsp3) is 0.643. The van der Waals surface area contributed by atoms with Crippen molar-refractivity contribution in [3.8, 4) is 0 Å². The van der Waals surface area contributed by atoms with Crippen LogP contribution in [0, 0.1) is 0 Å². The maximum Gasteiger partial charge on any atom is 0.317 e. The molecule has 1 unspecified atom stereocenters. The van der Waals surface area contributed by atoms with E-state index in [1.807, 2.05) is 18.2 Å². The van der Waals surface area contributed by atoms with Crippen molar-refractivity contribution in [3.63, 3.8) is 0 Å². The third-order valence-corrected chi connectivity index (χ3v) is 8.46. The Labute approximate surface area is 225 Å². The second-order valence-electron chi connectivity index (χ2n) is 10.8. The van der Waals surface area contributed by atoms with Crippen molar-refractivity contribution in [1.29, 1.82) is 0 Å². The van der Waals surface area contributed by atoms with Crippen molar-refractivity contribution in [2.45, 2.75) is 88.0 Å². The van der Waals surface area contributed by atoms with Crippen LogP contribution in [-0.2, 0) is 14.4 Å². The standard InChI is InChI=1S/C28H42N6O4/c1-18(29-2)25(35)32-23-17-33(28(38)30-3)16-15-20-13-14-24(34(20)27(23)37)26(36)31-22-12-8-7-11-21(22)19-9-5-4-6-10-19/h4-6,9-10,18,20-24,29H,7-8,11-17H2,1-3H3,(H,30,38)(H,31,36)(H,32,35)/t18-,20+,21+,22-,23-,24?/m0/s1. The molecular formula is C28H42N6O4. The van der Waals surface area contributed by atoms with Gasteiger partial charge in [0.05, 0.1) is 12.6 Å². The predicted molar refractivity (Wildman–Crippen MR) is 144 cm³/mol. The highest BCUT2D eigenvalue weighted by Crippen LogP contribution is 2.34. The zero-order valence-corrected chi connectivity index (χ0v) is 22.7. The summed E-state index contributed by atoms with van der Waals surface area (Å²) in [5.74, 6) is -0.495. The van der Waals surface area contributed by atoms with E-state index in [1.165, 1.54) is 5.56 Å². The van der Waals surface area contributed by atoms with Gasteiger partial charge in [0.2, 0.25) is 17.7 Å². The average Bonchev–Trinajstić information content (AvgIpc) is 3.36. The van der Waals surface area contributed by atoms with Gasteiger partial charge in [0, 0.05) is 31.6 Å². The zero-order valence-electron chi connectivity index (χ0n) is 22.7. The summed E-state index contributed by atoms with van der Waals surface area (Å²) in [5, 5.41) is 11.7. The van der Waals surface area contributed by atoms with E-state index in [1.54, 1.807) is 30.8 Å². The van der Waals surface area contributed by atoms with Gasteiger partial charge in [0.1, 0.15) is 12.1 Å². The third kappa shape index (κ3) is 6.11. The van der Waals surface area contributed by atoms with Crippen LogP contribution in [0.5, 0.6) is 0 Å². The molecule has 4 rings (SSSR count). The minimum Gasteiger partial charge on any atom is -0.351 e. The normalized spacial score (nSPS) is 28.5. The largest absolute Gasteiger partial charge is 0.351 e. The Kier molecular flexibility index (Phi) is 9.25. The lowest BCUT2D eigenvalue weighted by Crippen LogP contribution is -2.63. The molecule has 6 atom stereocenters. The number of fused-ring (bicyclic) bond motifs is 1. The molecule has 5 amide bonds. The molecule has 2 aliphatic heterocycles. The molecule has 208 valence electrons. The molecule has 3 fully saturated rings. The van der Waals surface area contributed by atoms with Gasteiger partial charge >= 0.3 is 6.03 Å². The van der Waals surface area contributed by atoms with E-state index < -0.39 is 18.1 Å². The first-order chi connectivity index (χ1) is 18.3. The van der Waals surface area contributed by atoms with Crippen LogP contribution in [0.1, 0.15) is 63.4 Å². The average molecular weight is 527 g/mol. The topological polar surface area (TPSA) is 123 Å². The van der Waals surface area contributed by atoms with Gasteiger partial charge in [-0.2, -0.15) is 0 Å². The van der Waals surface area contributed by atoms with Gasteiger partial charge in [-0.15, -0.1) is 0 Å². The van der Waals surface area contributed by atoms with E-state index in [2.05, 4.69) is 33.4 Å². The summed E-state index contributed by atoms with van der Waals surface area (Å²) in [4.78, 5) is 56.1. The summed E-state index contributed by atoms with van der Waals surface area (Å²) in [6, 6.07) is 7.88. The minimum atomic E-state index is -0.932. The van der Waals surface area contributed by atoms with Crippen LogP contribution in [0.2, 0.25) is 0 Å². The monoisotopic (exact) mass is 526 g/mol. The van der Waals surface area contributed by atoms with Crippen LogP contribution in [0.15, 0.2) is 30.3 Å². The van der Waals surface area contributed by atoms with Gasteiger partial charge in [-0.05, 0) is 51.6 Å². The van der Waals surface area contributed by atoms with Crippen molar-refractivity contribution in [1.82, 2.24) is 31.1 Å². The molecule has 1 aromatic rings. The summed E-state index contributed by atoms with van der Waals surface area (Å²) < 4.78 is 0. The molecule has 2 heterocycles. The maximum atomic E-state index is 13.9. The fourth-order valence-electron chi connectivity index (χ4n) is 6.19. The van der Waals surface area contributed by atoms with Crippen molar-refractivity contribution in [2.24, 2.45) is 0 Å². The molecular weight excluding hydrogens is 484 g/mol. The first-order valence-corrected chi connectivity index (χ1v) is 14.0. The van der Waals surface area contributed by atoms with Crippen LogP contribution < -0.4 is 21.3 Å². The molecule has 3 aliphatic rings. The van der Waals surface area contributed by atoms with Crippen LogP contribution in [-0.4, -0.2) is 90.9 Å². The van der Waals surface area contributed by atoms with Gasteiger partial charge in [-0.25, -0.2) is 4.79 Å². The third-order valence-electron chi connectivity index (χ3n) is 8.46. The molecule has 1 saturated carbocycles. The summed E-state index contributed by atoms with van der Waals surface area (Å²) in [7, 11) is 3.22. The number of nitrogens with one attached hydrogen (secondary N) is 4. The number of amides is 5. The number of nitrogens with zero attached hydrogens (tertiary/aromatic N) is 2. The van der Waals surface area contributed by atoms with Gasteiger partial charge in [0.15, 0.2) is 0 Å². The molecule has 10 heteroatoms. The number of hydrogen-bond acceptors (Lipinski definition) is 5. The highest BCUT2D eigenvalue weighted by atomic mass is 16.2. The number of carbonyl (C=O) groups excluding carboxylic acids is 4. The Morgan fingerprint density at radius 3 is 2.39 bits per heavy atom.